The smallest absolute Gasteiger partial charge is 0.407 e. The quantitative estimate of drug-likeness (QED) is 0.653. The lowest BCUT2D eigenvalue weighted by atomic mass is 9.79. The van der Waals surface area contributed by atoms with E-state index in [1.807, 2.05) is 0 Å². The number of amides is 1. The van der Waals surface area contributed by atoms with Crippen molar-refractivity contribution in [1.29, 1.82) is 0 Å². The van der Waals surface area contributed by atoms with E-state index in [4.69, 9.17) is 9.84 Å². The summed E-state index contributed by atoms with van der Waals surface area (Å²) in [5.74, 6) is -1.00. The van der Waals surface area contributed by atoms with Crippen LogP contribution in [0.3, 0.4) is 0 Å². The zero-order valence-electron chi connectivity index (χ0n) is 7.78. The van der Waals surface area contributed by atoms with Crippen LogP contribution in [0, 0.1) is 5.92 Å². The summed E-state index contributed by atoms with van der Waals surface area (Å²) in [7, 11) is 0. The minimum Gasteiger partial charge on any atom is -0.481 e. The molecule has 1 heterocycles. The molecule has 0 radical (unpaired) electrons. The van der Waals surface area contributed by atoms with Crippen molar-refractivity contribution in [2.75, 3.05) is 6.54 Å². The Labute approximate surface area is 81.4 Å². The van der Waals surface area contributed by atoms with Crippen LogP contribution in [0.5, 0.6) is 0 Å². The van der Waals surface area contributed by atoms with Gasteiger partial charge in [0, 0.05) is 0 Å². The molecule has 2 aliphatic rings. The van der Waals surface area contributed by atoms with E-state index in [9.17, 15) is 9.59 Å². The zero-order chi connectivity index (χ0) is 10.2. The molecule has 5 heteroatoms. The van der Waals surface area contributed by atoms with Crippen LogP contribution in [0.4, 0.5) is 4.79 Å². The van der Waals surface area contributed by atoms with Gasteiger partial charge in [-0.3, -0.25) is 4.79 Å². The highest BCUT2D eigenvalue weighted by atomic mass is 16.6. The van der Waals surface area contributed by atoms with Crippen LogP contribution in [-0.2, 0) is 9.53 Å². The minimum atomic E-state index is -0.739. The second kappa shape index (κ2) is 3.15. The van der Waals surface area contributed by atoms with E-state index < -0.39 is 11.6 Å². The molecule has 78 valence electrons. The van der Waals surface area contributed by atoms with E-state index in [1.165, 1.54) is 0 Å². The van der Waals surface area contributed by atoms with Gasteiger partial charge < -0.3 is 15.2 Å². The van der Waals surface area contributed by atoms with Gasteiger partial charge in [-0.15, -0.1) is 0 Å². The van der Waals surface area contributed by atoms with Gasteiger partial charge in [0.25, 0.3) is 0 Å². The second-order valence-electron chi connectivity index (χ2n) is 4.04. The van der Waals surface area contributed by atoms with Gasteiger partial charge in [-0.25, -0.2) is 4.79 Å². The van der Waals surface area contributed by atoms with Gasteiger partial charge in [-0.05, 0) is 25.7 Å². The maximum absolute atomic E-state index is 10.9. The Hall–Kier alpha value is -1.26. The molecule has 0 aromatic heterocycles. The largest absolute Gasteiger partial charge is 0.481 e. The normalized spacial score (nSPS) is 36.6. The number of carboxylic acid groups (broad SMARTS) is 1. The molecule has 0 aromatic carbocycles. The van der Waals surface area contributed by atoms with Crippen molar-refractivity contribution in [3.8, 4) is 0 Å². The Morgan fingerprint density at radius 2 is 2.14 bits per heavy atom. The third kappa shape index (κ3) is 1.54. The summed E-state index contributed by atoms with van der Waals surface area (Å²) in [5, 5.41) is 11.4. The highest BCUT2D eigenvalue weighted by Gasteiger charge is 2.44. The SMILES string of the molecule is O=C1NC[C@]2(CC[C@@H](C(=O)O)CC2)O1. The van der Waals surface area contributed by atoms with Crippen LogP contribution in [0.25, 0.3) is 0 Å². The number of aliphatic carboxylic acids is 1. The van der Waals surface area contributed by atoms with Gasteiger partial charge in [0.1, 0.15) is 5.60 Å². The number of alkyl carbamates (subject to hydrolysis) is 1. The van der Waals surface area contributed by atoms with Gasteiger partial charge in [0.2, 0.25) is 0 Å². The van der Waals surface area contributed by atoms with Gasteiger partial charge in [0.15, 0.2) is 0 Å². The molecule has 5 nitrogen and oxygen atoms in total. The van der Waals surface area contributed by atoms with Crippen LogP contribution in [0.2, 0.25) is 0 Å². The topological polar surface area (TPSA) is 75.6 Å². The molecule has 1 amide bonds. The first-order valence-electron chi connectivity index (χ1n) is 4.81. The Morgan fingerprint density at radius 1 is 1.50 bits per heavy atom. The van der Waals surface area contributed by atoms with Crippen molar-refractivity contribution in [1.82, 2.24) is 5.32 Å². The molecule has 1 saturated heterocycles. The number of ether oxygens (including phenoxy) is 1. The molecule has 0 bridgehead atoms. The lowest BCUT2D eigenvalue weighted by molar-refractivity contribution is -0.144. The fourth-order valence-corrected chi connectivity index (χ4v) is 2.17. The third-order valence-electron chi connectivity index (χ3n) is 3.11. The van der Waals surface area contributed by atoms with E-state index in [2.05, 4.69) is 5.32 Å². The van der Waals surface area contributed by atoms with Crippen LogP contribution >= 0.6 is 0 Å². The highest BCUT2D eigenvalue weighted by molar-refractivity contribution is 5.71. The first-order valence-corrected chi connectivity index (χ1v) is 4.81. The number of carbonyl (C=O) groups excluding carboxylic acids is 1. The third-order valence-corrected chi connectivity index (χ3v) is 3.11. The summed E-state index contributed by atoms with van der Waals surface area (Å²) in [4.78, 5) is 21.6. The maximum Gasteiger partial charge on any atom is 0.407 e. The summed E-state index contributed by atoms with van der Waals surface area (Å²) in [6.07, 6.45) is 2.14. The van der Waals surface area contributed by atoms with E-state index in [1.54, 1.807) is 0 Å². The number of carbonyl (C=O) groups is 2. The van der Waals surface area contributed by atoms with Gasteiger partial charge in [0.05, 0.1) is 12.5 Å². The molecule has 0 atom stereocenters. The Kier molecular flexibility index (Phi) is 2.09. The first-order chi connectivity index (χ1) is 6.61. The monoisotopic (exact) mass is 199 g/mol. The summed E-state index contributed by atoms with van der Waals surface area (Å²) in [6, 6.07) is 0. The van der Waals surface area contributed by atoms with Gasteiger partial charge in [-0.2, -0.15) is 0 Å². The molecule has 1 saturated carbocycles. The lowest BCUT2D eigenvalue weighted by Crippen LogP contribution is -2.39. The van der Waals surface area contributed by atoms with E-state index in [0.717, 1.165) is 0 Å². The van der Waals surface area contributed by atoms with E-state index in [-0.39, 0.29) is 12.0 Å². The maximum atomic E-state index is 10.9. The Bertz CT molecular complexity index is 268. The number of nitrogens with one attached hydrogen (secondary N) is 1. The predicted molar refractivity (Wildman–Crippen MR) is 46.8 cm³/mol. The van der Waals surface area contributed by atoms with Gasteiger partial charge >= 0.3 is 12.1 Å². The fraction of sp³-hybridized carbons (Fsp3) is 0.778. The molecule has 1 spiro atoms. The summed E-state index contributed by atoms with van der Waals surface area (Å²) in [6.45, 7) is 0.526. The van der Waals surface area contributed by atoms with Crippen molar-refractivity contribution >= 4 is 12.1 Å². The molecule has 0 aromatic rings. The Balaban J connectivity index is 1.95. The molecule has 1 aliphatic heterocycles. The first kappa shape index (κ1) is 9.30. The molecule has 2 N–H and O–H groups in total. The zero-order valence-corrected chi connectivity index (χ0v) is 7.78. The molecule has 14 heavy (non-hydrogen) atoms. The molecular formula is C9H13NO4. The molecule has 2 rings (SSSR count). The minimum absolute atomic E-state index is 0.264. The van der Waals surface area contributed by atoms with Gasteiger partial charge in [-0.1, -0.05) is 0 Å². The number of hydrogen-bond donors (Lipinski definition) is 2. The Morgan fingerprint density at radius 3 is 2.57 bits per heavy atom. The van der Waals surface area contributed by atoms with Crippen LogP contribution in [0.15, 0.2) is 0 Å². The fourth-order valence-electron chi connectivity index (χ4n) is 2.17. The van der Waals surface area contributed by atoms with Crippen LogP contribution in [0.1, 0.15) is 25.7 Å². The summed E-state index contributed by atoms with van der Waals surface area (Å²) >= 11 is 0. The van der Waals surface area contributed by atoms with E-state index >= 15 is 0 Å². The second-order valence-corrected chi connectivity index (χ2v) is 4.04. The van der Waals surface area contributed by atoms with Crippen molar-refractivity contribution < 1.29 is 19.4 Å². The predicted octanol–water partition coefficient (Wildman–Crippen LogP) is 0.740. The van der Waals surface area contributed by atoms with Crippen molar-refractivity contribution in [3.63, 3.8) is 0 Å². The highest BCUT2D eigenvalue weighted by Crippen LogP contribution is 2.36. The molecule has 0 unspecified atom stereocenters. The van der Waals surface area contributed by atoms with Crippen molar-refractivity contribution in [3.05, 3.63) is 0 Å². The van der Waals surface area contributed by atoms with Crippen molar-refractivity contribution in [2.45, 2.75) is 31.3 Å². The number of carboxylic acids is 1. The number of hydrogen-bond acceptors (Lipinski definition) is 3. The molecular weight excluding hydrogens is 186 g/mol. The average molecular weight is 199 g/mol. The van der Waals surface area contributed by atoms with Crippen molar-refractivity contribution in [2.24, 2.45) is 5.92 Å². The summed E-state index contributed by atoms with van der Waals surface area (Å²) in [5.41, 5.74) is -0.414. The van der Waals surface area contributed by atoms with Crippen LogP contribution < -0.4 is 5.32 Å². The lowest BCUT2D eigenvalue weighted by Gasteiger charge is -2.33. The molecule has 1 aliphatic carbocycles. The summed E-state index contributed by atoms with van der Waals surface area (Å²) < 4.78 is 5.17. The van der Waals surface area contributed by atoms with Crippen LogP contribution in [-0.4, -0.2) is 29.3 Å². The standard InChI is InChI=1S/C9H13NO4/c11-7(12)6-1-3-9(4-2-6)5-10-8(13)14-9/h6H,1-5H2,(H,10,13)(H,11,12)/t6-,9-. The van der Waals surface area contributed by atoms with E-state index in [0.29, 0.717) is 32.2 Å². The average Bonchev–Trinajstić information content (AvgIpc) is 2.48. The molecule has 2 fully saturated rings. The number of rotatable bonds is 1.